The van der Waals surface area contributed by atoms with Gasteiger partial charge in [0.2, 0.25) is 0 Å². The predicted molar refractivity (Wildman–Crippen MR) is 82.5 cm³/mol. The molecule has 0 saturated heterocycles. The van der Waals surface area contributed by atoms with E-state index < -0.39 is 0 Å². The molecule has 0 fully saturated rings. The molecule has 0 bridgehead atoms. The van der Waals surface area contributed by atoms with Crippen LogP contribution in [0.3, 0.4) is 0 Å². The van der Waals surface area contributed by atoms with Crippen LogP contribution in [0.15, 0.2) is 36.4 Å². The molecular weight excluding hydrogens is 273 g/mol. The maximum Gasteiger partial charge on any atom is 0.129 e. The Morgan fingerprint density at radius 2 is 1.80 bits per heavy atom. The molecule has 0 aliphatic rings. The molecule has 2 nitrogen and oxygen atoms in total. The number of rotatable bonds is 4. The number of hydrogen-bond donors (Lipinski definition) is 1. The van der Waals surface area contributed by atoms with E-state index in [4.69, 9.17) is 22.7 Å². The quantitative estimate of drug-likeness (QED) is 0.873. The third kappa shape index (κ3) is 3.54. The highest BCUT2D eigenvalue weighted by molar-refractivity contribution is 7.80. The van der Waals surface area contributed by atoms with E-state index in [0.29, 0.717) is 11.1 Å². The second kappa shape index (κ2) is 6.01. The van der Waals surface area contributed by atoms with Crippen LogP contribution in [0.2, 0.25) is 0 Å². The molecule has 2 rings (SSSR count). The van der Waals surface area contributed by atoms with E-state index >= 15 is 0 Å². The van der Waals surface area contributed by atoms with Gasteiger partial charge in [-0.1, -0.05) is 18.3 Å². The molecule has 0 unspecified atom stereocenters. The lowest BCUT2D eigenvalue weighted by Crippen LogP contribution is -2.10. The first-order valence-electron chi connectivity index (χ1n) is 6.25. The molecule has 0 saturated carbocycles. The third-order valence-electron chi connectivity index (χ3n) is 2.92. The Kier molecular flexibility index (Phi) is 4.35. The van der Waals surface area contributed by atoms with Crippen LogP contribution < -0.4 is 10.5 Å². The highest BCUT2D eigenvalue weighted by atomic mass is 32.1. The first kappa shape index (κ1) is 14.5. The average Bonchev–Trinajstić information content (AvgIpc) is 2.36. The molecule has 0 aliphatic carbocycles. The van der Waals surface area contributed by atoms with E-state index in [1.807, 2.05) is 26.0 Å². The lowest BCUT2D eigenvalue weighted by Gasteiger charge is -2.10. The summed E-state index contributed by atoms with van der Waals surface area (Å²) < 4.78 is 19.4. The Morgan fingerprint density at radius 3 is 2.40 bits per heavy atom. The van der Waals surface area contributed by atoms with Gasteiger partial charge in [-0.25, -0.2) is 4.39 Å². The molecule has 2 aromatic rings. The molecule has 20 heavy (non-hydrogen) atoms. The highest BCUT2D eigenvalue weighted by Crippen LogP contribution is 2.19. The minimum atomic E-state index is -0.325. The Balaban J connectivity index is 2.18. The Hall–Kier alpha value is -1.94. The van der Waals surface area contributed by atoms with Gasteiger partial charge in [-0.05, 0) is 55.3 Å². The molecule has 0 heterocycles. The molecule has 104 valence electrons. The summed E-state index contributed by atoms with van der Waals surface area (Å²) in [7, 11) is 0. The highest BCUT2D eigenvalue weighted by Gasteiger charge is 2.07. The lowest BCUT2D eigenvalue weighted by molar-refractivity contribution is 0.299. The minimum Gasteiger partial charge on any atom is -0.489 e. The van der Waals surface area contributed by atoms with E-state index in [1.165, 1.54) is 6.07 Å². The van der Waals surface area contributed by atoms with Crippen LogP contribution in [0.1, 0.15) is 22.3 Å². The predicted octanol–water partition coefficient (Wildman–Crippen LogP) is 3.66. The van der Waals surface area contributed by atoms with Crippen LogP contribution in [0.25, 0.3) is 0 Å². The summed E-state index contributed by atoms with van der Waals surface area (Å²) in [5.41, 5.74) is 8.84. The Labute approximate surface area is 123 Å². The summed E-state index contributed by atoms with van der Waals surface area (Å²) in [5.74, 6) is 0.400. The van der Waals surface area contributed by atoms with E-state index in [9.17, 15) is 4.39 Å². The van der Waals surface area contributed by atoms with Crippen molar-refractivity contribution >= 4 is 17.2 Å². The summed E-state index contributed by atoms with van der Waals surface area (Å²) in [4.78, 5) is 0.248. The number of hydrogen-bond acceptors (Lipinski definition) is 2. The number of nitrogens with two attached hydrogens (primary N) is 1. The number of halogens is 1. The van der Waals surface area contributed by atoms with Gasteiger partial charge in [0.1, 0.15) is 23.2 Å². The normalized spacial score (nSPS) is 10.3. The van der Waals surface area contributed by atoms with Crippen LogP contribution in [-0.4, -0.2) is 4.99 Å². The second-order valence-corrected chi connectivity index (χ2v) is 5.22. The molecule has 0 aliphatic heterocycles. The first-order valence-corrected chi connectivity index (χ1v) is 6.66. The van der Waals surface area contributed by atoms with Crippen LogP contribution in [-0.2, 0) is 6.61 Å². The van der Waals surface area contributed by atoms with Crippen LogP contribution >= 0.6 is 12.2 Å². The molecule has 2 aromatic carbocycles. The largest absolute Gasteiger partial charge is 0.489 e. The van der Waals surface area contributed by atoms with Crippen molar-refractivity contribution in [3.63, 3.8) is 0 Å². The fraction of sp³-hybridized carbons (Fsp3) is 0.188. The van der Waals surface area contributed by atoms with Crippen molar-refractivity contribution in [1.82, 2.24) is 0 Å². The molecule has 4 heteroatoms. The van der Waals surface area contributed by atoms with Gasteiger partial charge >= 0.3 is 0 Å². The number of benzene rings is 2. The average molecular weight is 289 g/mol. The van der Waals surface area contributed by atoms with Gasteiger partial charge in [0.15, 0.2) is 0 Å². The summed E-state index contributed by atoms with van der Waals surface area (Å²) in [6.45, 7) is 4.13. The fourth-order valence-corrected chi connectivity index (χ4v) is 2.14. The second-order valence-electron chi connectivity index (χ2n) is 4.78. The van der Waals surface area contributed by atoms with Crippen LogP contribution in [0.4, 0.5) is 4.39 Å². The van der Waals surface area contributed by atoms with Crippen LogP contribution in [0, 0.1) is 19.7 Å². The zero-order valence-corrected chi connectivity index (χ0v) is 12.3. The molecule has 0 spiro atoms. The van der Waals surface area contributed by atoms with E-state index in [2.05, 4.69) is 6.07 Å². The Morgan fingerprint density at radius 1 is 1.15 bits per heavy atom. The monoisotopic (exact) mass is 289 g/mol. The molecule has 2 N–H and O–H groups in total. The van der Waals surface area contributed by atoms with Gasteiger partial charge in [0.25, 0.3) is 0 Å². The number of aryl methyl sites for hydroxylation is 2. The summed E-state index contributed by atoms with van der Waals surface area (Å²) in [6, 6.07) is 10.4. The standard InChI is InChI=1S/C16H16FNOS/c1-10-5-11(2)7-14(6-10)19-9-13-8-12(16(18)20)3-4-15(13)17/h3-8H,9H2,1-2H3,(H2,18,20). The molecule has 0 aromatic heterocycles. The van der Waals surface area contributed by atoms with Gasteiger partial charge in [-0.2, -0.15) is 0 Å². The van der Waals surface area contributed by atoms with E-state index in [0.717, 1.165) is 16.9 Å². The van der Waals surface area contributed by atoms with Gasteiger partial charge in [-0.3, -0.25) is 0 Å². The van der Waals surface area contributed by atoms with E-state index in [1.54, 1.807) is 12.1 Å². The van der Waals surface area contributed by atoms with Crippen LogP contribution in [0.5, 0.6) is 5.75 Å². The van der Waals surface area contributed by atoms with Crippen molar-refractivity contribution in [2.45, 2.75) is 20.5 Å². The first-order chi connectivity index (χ1) is 9.45. The van der Waals surface area contributed by atoms with Gasteiger partial charge in [0.05, 0.1) is 0 Å². The lowest BCUT2D eigenvalue weighted by atomic mass is 10.1. The number of ether oxygens (including phenoxy) is 1. The van der Waals surface area contributed by atoms with Crippen molar-refractivity contribution in [1.29, 1.82) is 0 Å². The maximum absolute atomic E-state index is 13.7. The van der Waals surface area contributed by atoms with Gasteiger partial charge in [0, 0.05) is 11.1 Å². The van der Waals surface area contributed by atoms with Crippen molar-refractivity contribution in [3.05, 3.63) is 64.5 Å². The number of thiocarbonyl (C=S) groups is 1. The summed E-state index contributed by atoms with van der Waals surface area (Å²) in [6.07, 6.45) is 0. The topological polar surface area (TPSA) is 35.2 Å². The van der Waals surface area contributed by atoms with Crippen molar-refractivity contribution < 1.29 is 9.13 Å². The molecule has 0 amide bonds. The zero-order valence-electron chi connectivity index (χ0n) is 11.4. The third-order valence-corrected chi connectivity index (χ3v) is 3.16. The molecular formula is C16H16FNOS. The smallest absolute Gasteiger partial charge is 0.129 e. The summed E-state index contributed by atoms with van der Waals surface area (Å²) in [5, 5.41) is 0. The molecule has 0 atom stereocenters. The van der Waals surface area contributed by atoms with Gasteiger partial charge in [-0.15, -0.1) is 0 Å². The maximum atomic E-state index is 13.7. The van der Waals surface area contributed by atoms with Crippen molar-refractivity contribution in [2.75, 3.05) is 0 Å². The van der Waals surface area contributed by atoms with Crippen molar-refractivity contribution in [3.8, 4) is 5.75 Å². The van der Waals surface area contributed by atoms with Crippen molar-refractivity contribution in [2.24, 2.45) is 5.73 Å². The SMILES string of the molecule is Cc1cc(C)cc(OCc2cc(C(N)=S)ccc2F)c1. The minimum absolute atomic E-state index is 0.144. The Bertz CT molecular complexity index is 635. The zero-order chi connectivity index (χ0) is 14.7. The summed E-state index contributed by atoms with van der Waals surface area (Å²) >= 11 is 4.89. The fourth-order valence-electron chi connectivity index (χ4n) is 2.02. The molecule has 0 radical (unpaired) electrons. The van der Waals surface area contributed by atoms with Gasteiger partial charge < -0.3 is 10.5 Å². The van der Waals surface area contributed by atoms with E-state index in [-0.39, 0.29) is 17.4 Å².